The normalized spacial score (nSPS) is 14.1. The molecule has 0 radical (unpaired) electrons. The smallest absolute Gasteiger partial charge is 0.137 e. The molecule has 0 N–H and O–H groups in total. The maximum Gasteiger partial charge on any atom is 0.137 e. The van der Waals surface area contributed by atoms with Crippen LogP contribution in [0.5, 0.6) is 11.5 Å². The Bertz CT molecular complexity index is 941. The Morgan fingerprint density at radius 3 is 2.22 bits per heavy atom. The van der Waals surface area contributed by atoms with Crippen LogP contribution in [-0.4, -0.2) is 20.0 Å². The van der Waals surface area contributed by atoms with Crippen molar-refractivity contribution in [1.82, 2.24) is 0 Å². The van der Waals surface area contributed by atoms with Crippen LogP contribution in [0.15, 0.2) is 36.4 Å². The lowest BCUT2D eigenvalue weighted by Gasteiger charge is -2.22. The van der Waals surface area contributed by atoms with E-state index in [0.717, 1.165) is 45.0 Å². The number of fused-ring (bicyclic) bond motifs is 4. The Morgan fingerprint density at radius 2 is 1.52 bits per heavy atom. The summed E-state index contributed by atoms with van der Waals surface area (Å²) in [6.07, 6.45) is 1.92. The molecule has 0 saturated heterocycles. The summed E-state index contributed by atoms with van der Waals surface area (Å²) in [5.74, 6) is 1.97. The second-order valence-electron chi connectivity index (χ2n) is 5.95. The summed E-state index contributed by atoms with van der Waals surface area (Å²) in [4.78, 5) is 12.0. The highest BCUT2D eigenvalue weighted by atomic mass is 16.5. The van der Waals surface area contributed by atoms with Crippen LogP contribution in [0.25, 0.3) is 21.5 Å². The average Bonchev–Trinajstić information content (AvgIpc) is 2.59. The third-order valence-corrected chi connectivity index (χ3v) is 4.75. The highest BCUT2D eigenvalue weighted by Gasteiger charge is 2.23. The Labute approximate surface area is 134 Å². The Balaban J connectivity index is 2.23. The molecule has 0 amide bonds. The van der Waals surface area contributed by atoms with Crippen LogP contribution in [-0.2, 0) is 17.6 Å². The number of carbonyl (C=O) groups excluding carboxylic acids is 1. The van der Waals surface area contributed by atoms with E-state index in [1.54, 1.807) is 14.2 Å². The number of hydrogen-bond acceptors (Lipinski definition) is 3. The lowest BCUT2D eigenvalue weighted by molar-refractivity contribution is -0.118. The molecule has 116 valence electrons. The van der Waals surface area contributed by atoms with Crippen LogP contribution in [0, 0.1) is 0 Å². The standard InChI is InChI=1S/C20H18O3/c1-22-19-14-5-3-4-6-15(14)20(23-2)18-16(19)10-8-12-7-9-13(21)11-17(12)18/h3-6,8,10H,7,9,11H2,1-2H3. The molecule has 1 aliphatic carbocycles. The number of ether oxygens (including phenoxy) is 2. The van der Waals surface area contributed by atoms with Gasteiger partial charge in [-0.05, 0) is 17.5 Å². The van der Waals surface area contributed by atoms with Crippen molar-refractivity contribution in [2.75, 3.05) is 14.2 Å². The number of hydrogen-bond donors (Lipinski definition) is 0. The number of ketones is 1. The van der Waals surface area contributed by atoms with Gasteiger partial charge in [-0.3, -0.25) is 4.79 Å². The van der Waals surface area contributed by atoms with Crippen molar-refractivity contribution in [3.63, 3.8) is 0 Å². The zero-order valence-corrected chi connectivity index (χ0v) is 13.3. The van der Waals surface area contributed by atoms with Gasteiger partial charge in [-0.1, -0.05) is 36.4 Å². The minimum Gasteiger partial charge on any atom is -0.495 e. The van der Waals surface area contributed by atoms with Crippen LogP contribution in [0.3, 0.4) is 0 Å². The minimum atomic E-state index is 0.291. The van der Waals surface area contributed by atoms with E-state index in [1.165, 1.54) is 5.56 Å². The van der Waals surface area contributed by atoms with Crippen LogP contribution < -0.4 is 9.47 Å². The number of methoxy groups -OCH3 is 2. The summed E-state index contributed by atoms with van der Waals surface area (Å²) in [5, 5.41) is 4.08. The van der Waals surface area contributed by atoms with Gasteiger partial charge in [-0.25, -0.2) is 0 Å². The maximum atomic E-state index is 12.0. The first-order valence-electron chi connectivity index (χ1n) is 7.83. The quantitative estimate of drug-likeness (QED) is 0.670. The Kier molecular flexibility index (Phi) is 3.22. The molecule has 23 heavy (non-hydrogen) atoms. The van der Waals surface area contributed by atoms with E-state index in [9.17, 15) is 4.79 Å². The molecule has 0 spiro atoms. The molecule has 3 aromatic carbocycles. The predicted molar refractivity (Wildman–Crippen MR) is 91.6 cm³/mol. The third-order valence-electron chi connectivity index (χ3n) is 4.75. The second-order valence-corrected chi connectivity index (χ2v) is 5.95. The first kappa shape index (κ1) is 14.1. The predicted octanol–water partition coefficient (Wildman–Crippen LogP) is 4.07. The third kappa shape index (κ3) is 2.00. The molecule has 0 saturated carbocycles. The van der Waals surface area contributed by atoms with Gasteiger partial charge in [-0.2, -0.15) is 0 Å². The van der Waals surface area contributed by atoms with Crippen molar-refractivity contribution >= 4 is 27.3 Å². The van der Waals surface area contributed by atoms with E-state index < -0.39 is 0 Å². The molecule has 0 aromatic heterocycles. The minimum absolute atomic E-state index is 0.291. The molecule has 0 heterocycles. The monoisotopic (exact) mass is 306 g/mol. The van der Waals surface area contributed by atoms with Gasteiger partial charge in [0, 0.05) is 34.4 Å². The molecule has 0 fully saturated rings. The average molecular weight is 306 g/mol. The SMILES string of the molecule is COc1c2ccccc2c(OC)c2c3c(ccc12)CCC(=O)C3. The fourth-order valence-electron chi connectivity index (χ4n) is 3.73. The fraction of sp³-hybridized carbons (Fsp3) is 0.250. The van der Waals surface area contributed by atoms with Crippen molar-refractivity contribution in [2.24, 2.45) is 0 Å². The van der Waals surface area contributed by atoms with Crippen molar-refractivity contribution < 1.29 is 14.3 Å². The topological polar surface area (TPSA) is 35.5 Å². The molecule has 0 bridgehead atoms. The van der Waals surface area contributed by atoms with Crippen molar-refractivity contribution in [1.29, 1.82) is 0 Å². The van der Waals surface area contributed by atoms with E-state index in [-0.39, 0.29) is 0 Å². The lowest BCUT2D eigenvalue weighted by Crippen LogP contribution is -2.14. The molecule has 0 atom stereocenters. The van der Waals surface area contributed by atoms with Gasteiger partial charge >= 0.3 is 0 Å². The highest BCUT2D eigenvalue weighted by molar-refractivity contribution is 6.13. The number of rotatable bonds is 2. The first-order chi connectivity index (χ1) is 11.2. The lowest BCUT2D eigenvalue weighted by atomic mass is 9.85. The van der Waals surface area contributed by atoms with E-state index in [2.05, 4.69) is 12.1 Å². The summed E-state index contributed by atoms with van der Waals surface area (Å²) in [6, 6.07) is 12.3. The first-order valence-corrected chi connectivity index (χ1v) is 7.83. The fourth-order valence-corrected chi connectivity index (χ4v) is 3.73. The summed E-state index contributed by atoms with van der Waals surface area (Å²) in [5.41, 5.74) is 2.34. The summed E-state index contributed by atoms with van der Waals surface area (Å²) in [6.45, 7) is 0. The van der Waals surface area contributed by atoms with Crippen LogP contribution in [0.4, 0.5) is 0 Å². The summed E-state index contributed by atoms with van der Waals surface area (Å²) < 4.78 is 11.5. The maximum absolute atomic E-state index is 12.0. The van der Waals surface area contributed by atoms with Gasteiger partial charge in [0.25, 0.3) is 0 Å². The highest BCUT2D eigenvalue weighted by Crippen LogP contribution is 2.45. The Hall–Kier alpha value is -2.55. The number of carbonyl (C=O) groups is 1. The van der Waals surface area contributed by atoms with Gasteiger partial charge in [-0.15, -0.1) is 0 Å². The van der Waals surface area contributed by atoms with E-state index in [1.807, 2.05) is 24.3 Å². The molecule has 3 aromatic rings. The number of benzene rings is 3. The zero-order chi connectivity index (χ0) is 16.0. The van der Waals surface area contributed by atoms with Gasteiger partial charge in [0.05, 0.1) is 14.2 Å². The van der Waals surface area contributed by atoms with Gasteiger partial charge in [0.15, 0.2) is 0 Å². The molecule has 0 unspecified atom stereocenters. The molecule has 4 rings (SSSR count). The second kappa shape index (κ2) is 5.27. The number of Topliss-reactive ketones (excluding diaryl/α,β-unsaturated/α-hetero) is 1. The summed E-state index contributed by atoms with van der Waals surface area (Å²) >= 11 is 0. The molecule has 3 heteroatoms. The number of aryl methyl sites for hydroxylation is 1. The largest absolute Gasteiger partial charge is 0.495 e. The van der Waals surface area contributed by atoms with Crippen molar-refractivity contribution in [3.05, 3.63) is 47.5 Å². The molecular formula is C20H18O3. The van der Waals surface area contributed by atoms with Crippen LogP contribution in [0.2, 0.25) is 0 Å². The van der Waals surface area contributed by atoms with Gasteiger partial charge < -0.3 is 9.47 Å². The zero-order valence-electron chi connectivity index (χ0n) is 13.3. The Morgan fingerprint density at radius 1 is 0.826 bits per heavy atom. The molecule has 0 aliphatic heterocycles. The van der Waals surface area contributed by atoms with E-state index in [4.69, 9.17) is 9.47 Å². The van der Waals surface area contributed by atoms with Crippen LogP contribution in [0.1, 0.15) is 17.5 Å². The van der Waals surface area contributed by atoms with E-state index >= 15 is 0 Å². The molecule has 3 nitrogen and oxygen atoms in total. The van der Waals surface area contributed by atoms with Gasteiger partial charge in [0.1, 0.15) is 17.3 Å². The van der Waals surface area contributed by atoms with Crippen molar-refractivity contribution in [2.45, 2.75) is 19.3 Å². The van der Waals surface area contributed by atoms with Crippen LogP contribution >= 0.6 is 0 Å². The molecular weight excluding hydrogens is 288 g/mol. The summed E-state index contributed by atoms with van der Waals surface area (Å²) in [7, 11) is 3.38. The van der Waals surface area contributed by atoms with E-state index in [0.29, 0.717) is 18.6 Å². The molecule has 1 aliphatic rings. The van der Waals surface area contributed by atoms with Gasteiger partial charge in [0.2, 0.25) is 0 Å². The van der Waals surface area contributed by atoms with Crippen molar-refractivity contribution in [3.8, 4) is 11.5 Å².